The first kappa shape index (κ1) is 17.6. The van der Waals surface area contributed by atoms with E-state index in [2.05, 4.69) is 15.7 Å². The number of carbonyl (C=O) groups is 2. The molecule has 3 rings (SSSR count). The number of aromatic nitrogens is 2. The first-order valence-corrected chi connectivity index (χ1v) is 8.60. The zero-order valence-electron chi connectivity index (χ0n) is 14.1. The summed E-state index contributed by atoms with van der Waals surface area (Å²) in [5, 5.41) is 11.1. The fourth-order valence-corrected chi connectivity index (χ4v) is 2.92. The third-order valence-corrected chi connectivity index (χ3v) is 4.49. The lowest BCUT2D eigenvalue weighted by Crippen LogP contribution is -2.26. The zero-order valence-corrected chi connectivity index (χ0v) is 14.9. The van der Waals surface area contributed by atoms with Crippen molar-refractivity contribution in [3.8, 4) is 10.8 Å². The van der Waals surface area contributed by atoms with Gasteiger partial charge in [0.1, 0.15) is 6.54 Å². The first-order chi connectivity index (χ1) is 12.5. The van der Waals surface area contributed by atoms with Gasteiger partial charge in [-0.3, -0.25) is 9.59 Å². The third-order valence-electron chi connectivity index (χ3n) is 3.63. The molecule has 0 saturated heterocycles. The van der Waals surface area contributed by atoms with Crippen LogP contribution in [0.2, 0.25) is 0 Å². The molecule has 3 aromatic rings. The van der Waals surface area contributed by atoms with Gasteiger partial charge in [-0.1, -0.05) is 12.1 Å². The second kappa shape index (κ2) is 7.36. The normalized spacial score (nSPS) is 10.5. The lowest BCUT2D eigenvalue weighted by Gasteiger charge is -2.10. The highest BCUT2D eigenvalue weighted by Crippen LogP contribution is 2.21. The number of hydrogen-bond acceptors (Lipinski definition) is 6. The largest absolute Gasteiger partial charge is 0.437 e. The molecule has 0 fully saturated rings. The van der Waals surface area contributed by atoms with Crippen LogP contribution in [-0.2, 0) is 11.3 Å². The monoisotopic (exact) mass is 372 g/mol. The van der Waals surface area contributed by atoms with E-state index in [1.54, 1.807) is 31.2 Å². The summed E-state index contributed by atoms with van der Waals surface area (Å²) in [5.41, 5.74) is 1.70. The standard InChI is InChI=1S/C17H16N4O4S/c1-10-5-6-11(15(23)18-2)8-12(10)19-14(22)9-21-17(24)25-16(20-21)13-4-3-7-26-13/h3-8H,9H2,1-2H3,(H,18,23)(H,19,22). The highest BCUT2D eigenvalue weighted by atomic mass is 32.1. The molecule has 26 heavy (non-hydrogen) atoms. The van der Waals surface area contributed by atoms with Gasteiger partial charge in [0.2, 0.25) is 5.91 Å². The van der Waals surface area contributed by atoms with Crippen molar-refractivity contribution in [1.29, 1.82) is 0 Å². The van der Waals surface area contributed by atoms with Crippen LogP contribution in [0, 0.1) is 6.92 Å². The maximum absolute atomic E-state index is 12.3. The molecule has 0 bridgehead atoms. The van der Waals surface area contributed by atoms with Gasteiger partial charge in [0.15, 0.2) is 0 Å². The van der Waals surface area contributed by atoms with E-state index in [0.717, 1.165) is 10.2 Å². The van der Waals surface area contributed by atoms with Gasteiger partial charge in [0.25, 0.3) is 11.8 Å². The topological polar surface area (TPSA) is 106 Å². The molecule has 0 aliphatic carbocycles. The van der Waals surface area contributed by atoms with Crippen LogP contribution >= 0.6 is 11.3 Å². The summed E-state index contributed by atoms with van der Waals surface area (Å²) < 4.78 is 6.03. The molecule has 2 amide bonds. The third kappa shape index (κ3) is 3.72. The average molecular weight is 372 g/mol. The zero-order chi connectivity index (χ0) is 18.7. The van der Waals surface area contributed by atoms with E-state index in [1.165, 1.54) is 18.4 Å². The van der Waals surface area contributed by atoms with Crippen molar-refractivity contribution in [2.24, 2.45) is 0 Å². The van der Waals surface area contributed by atoms with Crippen molar-refractivity contribution in [2.75, 3.05) is 12.4 Å². The summed E-state index contributed by atoms with van der Waals surface area (Å²) in [6, 6.07) is 8.56. The molecular weight excluding hydrogens is 356 g/mol. The van der Waals surface area contributed by atoms with Gasteiger partial charge in [-0.25, -0.2) is 4.79 Å². The molecular formula is C17H16N4O4S. The van der Waals surface area contributed by atoms with Gasteiger partial charge in [-0.2, -0.15) is 4.68 Å². The summed E-state index contributed by atoms with van der Waals surface area (Å²) >= 11 is 1.38. The van der Waals surface area contributed by atoms with E-state index in [4.69, 9.17) is 4.42 Å². The number of aryl methyl sites for hydroxylation is 1. The van der Waals surface area contributed by atoms with E-state index >= 15 is 0 Å². The van der Waals surface area contributed by atoms with E-state index < -0.39 is 11.7 Å². The molecule has 0 radical (unpaired) electrons. The van der Waals surface area contributed by atoms with Gasteiger partial charge < -0.3 is 15.1 Å². The Morgan fingerprint density at radius 1 is 1.31 bits per heavy atom. The fraction of sp³-hybridized carbons (Fsp3) is 0.176. The Balaban J connectivity index is 1.76. The average Bonchev–Trinajstić information content (AvgIpc) is 3.26. The van der Waals surface area contributed by atoms with Crippen LogP contribution in [0.1, 0.15) is 15.9 Å². The van der Waals surface area contributed by atoms with Crippen molar-refractivity contribution in [2.45, 2.75) is 13.5 Å². The number of nitrogens with one attached hydrogen (secondary N) is 2. The number of carbonyl (C=O) groups excluding carboxylic acids is 2. The van der Waals surface area contributed by atoms with Crippen molar-refractivity contribution < 1.29 is 14.0 Å². The molecule has 0 spiro atoms. The van der Waals surface area contributed by atoms with Gasteiger partial charge >= 0.3 is 5.76 Å². The molecule has 9 heteroatoms. The minimum Gasteiger partial charge on any atom is -0.387 e. The van der Waals surface area contributed by atoms with Crippen LogP contribution in [0.15, 0.2) is 44.9 Å². The quantitative estimate of drug-likeness (QED) is 0.711. The van der Waals surface area contributed by atoms with Crippen LogP contribution in [0.4, 0.5) is 5.69 Å². The SMILES string of the molecule is CNC(=O)c1ccc(C)c(NC(=O)Cn2nc(-c3cccs3)oc2=O)c1. The number of hydrogen-bond donors (Lipinski definition) is 2. The Kier molecular flexibility index (Phi) is 4.99. The number of benzene rings is 1. The molecule has 1 aromatic carbocycles. The van der Waals surface area contributed by atoms with E-state index in [1.807, 2.05) is 11.4 Å². The van der Waals surface area contributed by atoms with E-state index in [0.29, 0.717) is 16.1 Å². The number of anilines is 1. The number of nitrogens with zero attached hydrogens (tertiary/aromatic N) is 2. The summed E-state index contributed by atoms with van der Waals surface area (Å²) in [6.45, 7) is 1.51. The summed E-state index contributed by atoms with van der Waals surface area (Å²) in [6.07, 6.45) is 0. The predicted octanol–water partition coefficient (Wildman–Crippen LogP) is 1.87. The first-order valence-electron chi connectivity index (χ1n) is 7.72. The molecule has 2 aromatic heterocycles. The molecule has 134 valence electrons. The summed E-state index contributed by atoms with van der Waals surface area (Å²) in [5.74, 6) is -1.24. The second-order valence-corrected chi connectivity index (χ2v) is 6.41. The molecule has 0 aliphatic heterocycles. The molecule has 0 atom stereocenters. The molecule has 2 N–H and O–H groups in total. The fourth-order valence-electron chi connectivity index (χ4n) is 2.27. The Bertz CT molecular complexity index is 1000. The minimum atomic E-state index is -0.709. The predicted molar refractivity (Wildman–Crippen MR) is 97.3 cm³/mol. The Hall–Kier alpha value is -3.20. The van der Waals surface area contributed by atoms with E-state index in [-0.39, 0.29) is 18.3 Å². The second-order valence-electron chi connectivity index (χ2n) is 5.47. The molecule has 0 saturated carbocycles. The van der Waals surface area contributed by atoms with Crippen LogP contribution in [-0.4, -0.2) is 28.6 Å². The van der Waals surface area contributed by atoms with Crippen molar-refractivity contribution in [3.05, 3.63) is 57.4 Å². The highest BCUT2D eigenvalue weighted by molar-refractivity contribution is 7.13. The molecule has 0 unspecified atom stereocenters. The number of amides is 2. The van der Waals surface area contributed by atoms with Gasteiger partial charge in [-0.05, 0) is 36.1 Å². The van der Waals surface area contributed by atoms with Crippen LogP contribution in [0.25, 0.3) is 10.8 Å². The smallest absolute Gasteiger partial charge is 0.387 e. The van der Waals surface area contributed by atoms with E-state index in [9.17, 15) is 14.4 Å². The van der Waals surface area contributed by atoms with Gasteiger partial charge in [0, 0.05) is 18.3 Å². The van der Waals surface area contributed by atoms with Crippen LogP contribution in [0.5, 0.6) is 0 Å². The summed E-state index contributed by atoms with van der Waals surface area (Å²) in [4.78, 5) is 36.6. The Morgan fingerprint density at radius 2 is 2.12 bits per heavy atom. The van der Waals surface area contributed by atoms with Crippen molar-refractivity contribution in [1.82, 2.24) is 15.1 Å². The van der Waals surface area contributed by atoms with Gasteiger partial charge in [-0.15, -0.1) is 16.4 Å². The lowest BCUT2D eigenvalue weighted by molar-refractivity contribution is -0.117. The summed E-state index contributed by atoms with van der Waals surface area (Å²) in [7, 11) is 1.53. The highest BCUT2D eigenvalue weighted by Gasteiger charge is 2.15. The van der Waals surface area contributed by atoms with Crippen LogP contribution < -0.4 is 16.4 Å². The maximum Gasteiger partial charge on any atom is 0.437 e. The van der Waals surface area contributed by atoms with Crippen molar-refractivity contribution >= 4 is 28.8 Å². The van der Waals surface area contributed by atoms with Gasteiger partial charge in [0.05, 0.1) is 4.88 Å². The lowest BCUT2D eigenvalue weighted by atomic mass is 10.1. The Labute approximate surface area is 152 Å². The Morgan fingerprint density at radius 3 is 2.81 bits per heavy atom. The maximum atomic E-state index is 12.3. The van der Waals surface area contributed by atoms with Crippen LogP contribution in [0.3, 0.4) is 0 Å². The van der Waals surface area contributed by atoms with Crippen molar-refractivity contribution in [3.63, 3.8) is 0 Å². The number of rotatable bonds is 5. The molecule has 0 aliphatic rings. The molecule has 8 nitrogen and oxygen atoms in total. The minimum absolute atomic E-state index is 0.176. The molecule has 2 heterocycles. The number of thiophene rings is 1.